The Balaban J connectivity index is 2.66. The van der Waals surface area contributed by atoms with Crippen molar-refractivity contribution in [1.29, 1.82) is 0 Å². The molecule has 0 amide bonds. The highest BCUT2D eigenvalue weighted by Crippen LogP contribution is 2.29. The van der Waals surface area contributed by atoms with Gasteiger partial charge in [-0.1, -0.05) is 69.9 Å². The summed E-state index contributed by atoms with van der Waals surface area (Å²) in [6.45, 7) is 4.37. The van der Waals surface area contributed by atoms with Crippen molar-refractivity contribution in [2.75, 3.05) is 7.11 Å². The van der Waals surface area contributed by atoms with E-state index in [0.717, 1.165) is 12.0 Å². The van der Waals surface area contributed by atoms with Gasteiger partial charge in [-0.25, -0.2) is 0 Å². The number of hydrogen-bond acceptors (Lipinski definition) is 2. The summed E-state index contributed by atoms with van der Waals surface area (Å²) >= 11 is 0. The van der Waals surface area contributed by atoms with E-state index in [4.69, 9.17) is 4.74 Å². The summed E-state index contributed by atoms with van der Waals surface area (Å²) < 4.78 is 4.98. The van der Waals surface area contributed by atoms with Crippen molar-refractivity contribution in [1.82, 2.24) is 0 Å². The van der Waals surface area contributed by atoms with Crippen molar-refractivity contribution in [2.45, 2.75) is 51.9 Å². The smallest absolute Gasteiger partial charge is 0.313 e. The van der Waals surface area contributed by atoms with Crippen LogP contribution in [0.4, 0.5) is 0 Å². The molecule has 0 saturated heterocycles. The van der Waals surface area contributed by atoms with E-state index < -0.39 is 0 Å². The van der Waals surface area contributed by atoms with Gasteiger partial charge in [0.2, 0.25) is 0 Å². The monoisotopic (exact) mass is 262 g/mol. The first-order valence-electron chi connectivity index (χ1n) is 7.33. The molecule has 0 radical (unpaired) electrons. The summed E-state index contributed by atoms with van der Waals surface area (Å²) in [5.41, 5.74) is 1.07. The van der Waals surface area contributed by atoms with Crippen LogP contribution in [0.2, 0.25) is 0 Å². The second-order valence-corrected chi connectivity index (χ2v) is 5.24. The van der Waals surface area contributed by atoms with Gasteiger partial charge in [0.1, 0.15) is 0 Å². The average molecular weight is 262 g/mol. The van der Waals surface area contributed by atoms with Crippen molar-refractivity contribution >= 4 is 5.97 Å². The van der Waals surface area contributed by atoms with Crippen LogP contribution in [0.3, 0.4) is 0 Å². The Morgan fingerprint density at radius 2 is 1.84 bits per heavy atom. The number of benzene rings is 1. The molecule has 1 aromatic carbocycles. The molecule has 0 fully saturated rings. The molecule has 2 nitrogen and oxygen atoms in total. The molecule has 0 aliphatic heterocycles. The van der Waals surface area contributed by atoms with Crippen LogP contribution in [0.15, 0.2) is 30.3 Å². The zero-order chi connectivity index (χ0) is 14.1. The van der Waals surface area contributed by atoms with Crippen LogP contribution in [-0.4, -0.2) is 13.1 Å². The Morgan fingerprint density at radius 1 is 1.16 bits per heavy atom. The van der Waals surface area contributed by atoms with Crippen molar-refractivity contribution in [2.24, 2.45) is 5.92 Å². The van der Waals surface area contributed by atoms with Crippen LogP contribution < -0.4 is 0 Å². The molecule has 0 saturated carbocycles. The first kappa shape index (κ1) is 15.7. The molecule has 0 heterocycles. The molecule has 0 N–H and O–H groups in total. The zero-order valence-corrected chi connectivity index (χ0v) is 12.4. The Kier molecular flexibility index (Phi) is 7.24. The minimum Gasteiger partial charge on any atom is -0.469 e. The van der Waals surface area contributed by atoms with E-state index in [1.54, 1.807) is 0 Å². The fourth-order valence-corrected chi connectivity index (χ4v) is 2.54. The first-order valence-corrected chi connectivity index (χ1v) is 7.33. The Morgan fingerprint density at radius 3 is 2.42 bits per heavy atom. The largest absolute Gasteiger partial charge is 0.469 e. The first-order chi connectivity index (χ1) is 9.20. The standard InChI is InChI=1S/C17H26O2/c1-4-5-6-8-11-14(2)16(17(18)19-3)15-12-9-7-10-13-15/h7,9-10,12-14,16H,4-6,8,11H2,1-3H3. The highest BCUT2D eigenvalue weighted by Gasteiger charge is 2.27. The molecule has 0 aromatic heterocycles. The van der Waals surface area contributed by atoms with E-state index in [1.165, 1.54) is 32.8 Å². The lowest BCUT2D eigenvalue weighted by molar-refractivity contribution is -0.143. The number of ether oxygens (including phenoxy) is 1. The SMILES string of the molecule is CCCCCCC(C)C(C(=O)OC)c1ccccc1. The third-order valence-corrected chi connectivity index (χ3v) is 3.70. The van der Waals surface area contributed by atoms with Crippen molar-refractivity contribution in [3.63, 3.8) is 0 Å². The number of methoxy groups -OCH3 is 1. The van der Waals surface area contributed by atoms with Gasteiger partial charge in [0, 0.05) is 0 Å². The van der Waals surface area contributed by atoms with Crippen molar-refractivity contribution in [3.05, 3.63) is 35.9 Å². The van der Waals surface area contributed by atoms with E-state index in [9.17, 15) is 4.79 Å². The van der Waals surface area contributed by atoms with Gasteiger partial charge in [-0.05, 0) is 17.9 Å². The van der Waals surface area contributed by atoms with Crippen LogP contribution >= 0.6 is 0 Å². The molecular formula is C17H26O2. The van der Waals surface area contributed by atoms with Crippen LogP contribution in [0.1, 0.15) is 57.4 Å². The molecule has 19 heavy (non-hydrogen) atoms. The molecule has 2 heteroatoms. The fourth-order valence-electron chi connectivity index (χ4n) is 2.54. The Bertz CT molecular complexity index is 359. The van der Waals surface area contributed by atoms with Crippen LogP contribution in [0, 0.1) is 5.92 Å². The molecule has 0 spiro atoms. The Labute approximate surface area is 117 Å². The quantitative estimate of drug-likeness (QED) is 0.507. The van der Waals surface area contributed by atoms with E-state index in [0.29, 0.717) is 5.92 Å². The van der Waals surface area contributed by atoms with E-state index in [-0.39, 0.29) is 11.9 Å². The normalized spacial score (nSPS) is 13.8. The number of esters is 1. The minimum absolute atomic E-state index is 0.116. The van der Waals surface area contributed by atoms with E-state index in [2.05, 4.69) is 13.8 Å². The van der Waals surface area contributed by atoms with Gasteiger partial charge in [0.05, 0.1) is 13.0 Å². The van der Waals surface area contributed by atoms with Gasteiger partial charge in [-0.15, -0.1) is 0 Å². The number of carbonyl (C=O) groups is 1. The predicted molar refractivity (Wildman–Crippen MR) is 79.1 cm³/mol. The summed E-state index contributed by atoms with van der Waals surface area (Å²) in [4.78, 5) is 12.0. The highest BCUT2D eigenvalue weighted by atomic mass is 16.5. The number of carbonyl (C=O) groups excluding carboxylic acids is 1. The topological polar surface area (TPSA) is 26.3 Å². The van der Waals surface area contributed by atoms with Gasteiger partial charge in [-0.2, -0.15) is 0 Å². The molecule has 1 rings (SSSR count). The van der Waals surface area contributed by atoms with Gasteiger partial charge in [0.25, 0.3) is 0 Å². The molecule has 1 aromatic rings. The number of rotatable bonds is 8. The molecule has 0 bridgehead atoms. The maximum absolute atomic E-state index is 12.0. The number of unbranched alkanes of at least 4 members (excludes halogenated alkanes) is 3. The maximum Gasteiger partial charge on any atom is 0.313 e. The van der Waals surface area contributed by atoms with Gasteiger partial charge < -0.3 is 4.74 Å². The van der Waals surface area contributed by atoms with Crippen LogP contribution in [0.5, 0.6) is 0 Å². The molecule has 2 atom stereocenters. The summed E-state index contributed by atoms with van der Waals surface area (Å²) in [5, 5.41) is 0. The van der Waals surface area contributed by atoms with Crippen LogP contribution in [-0.2, 0) is 9.53 Å². The van der Waals surface area contributed by atoms with Gasteiger partial charge in [-0.3, -0.25) is 4.79 Å². The summed E-state index contributed by atoms with van der Waals surface area (Å²) in [7, 11) is 1.47. The number of hydrogen-bond donors (Lipinski definition) is 0. The molecular weight excluding hydrogens is 236 g/mol. The lowest BCUT2D eigenvalue weighted by atomic mass is 9.84. The fraction of sp³-hybridized carbons (Fsp3) is 0.588. The molecule has 2 unspecified atom stereocenters. The Hall–Kier alpha value is -1.31. The average Bonchev–Trinajstić information content (AvgIpc) is 2.45. The lowest BCUT2D eigenvalue weighted by Gasteiger charge is -2.22. The molecule has 0 aliphatic rings. The van der Waals surface area contributed by atoms with Gasteiger partial charge >= 0.3 is 5.97 Å². The van der Waals surface area contributed by atoms with E-state index >= 15 is 0 Å². The highest BCUT2D eigenvalue weighted by molar-refractivity contribution is 5.78. The summed E-state index contributed by atoms with van der Waals surface area (Å²) in [6, 6.07) is 9.97. The third kappa shape index (κ3) is 5.06. The van der Waals surface area contributed by atoms with E-state index in [1.807, 2.05) is 30.3 Å². The molecule has 0 aliphatic carbocycles. The second-order valence-electron chi connectivity index (χ2n) is 5.24. The van der Waals surface area contributed by atoms with Crippen molar-refractivity contribution in [3.8, 4) is 0 Å². The predicted octanol–water partition coefficient (Wildman–Crippen LogP) is 4.55. The zero-order valence-electron chi connectivity index (χ0n) is 12.4. The second kappa shape index (κ2) is 8.73. The maximum atomic E-state index is 12.0. The third-order valence-electron chi connectivity index (χ3n) is 3.70. The summed E-state index contributed by atoms with van der Waals surface area (Å²) in [6.07, 6.45) is 6.04. The summed E-state index contributed by atoms with van der Waals surface area (Å²) in [5.74, 6) is 0.0775. The minimum atomic E-state index is -0.132. The van der Waals surface area contributed by atoms with Gasteiger partial charge in [0.15, 0.2) is 0 Å². The van der Waals surface area contributed by atoms with Crippen LogP contribution in [0.25, 0.3) is 0 Å². The molecule has 106 valence electrons. The lowest BCUT2D eigenvalue weighted by Crippen LogP contribution is -2.21. The van der Waals surface area contributed by atoms with Crippen molar-refractivity contribution < 1.29 is 9.53 Å².